The van der Waals surface area contributed by atoms with Gasteiger partial charge in [0.2, 0.25) is 0 Å². The summed E-state index contributed by atoms with van der Waals surface area (Å²) >= 11 is 0. The van der Waals surface area contributed by atoms with Crippen LogP contribution in [-0.4, -0.2) is 20.9 Å². The molecule has 1 heterocycles. The third-order valence-electron chi connectivity index (χ3n) is 2.62. The van der Waals surface area contributed by atoms with E-state index in [2.05, 4.69) is 5.10 Å². The molecule has 0 radical (unpaired) electrons. The Kier molecular flexibility index (Phi) is 3.01. The number of carbonyl (C=O) groups is 1. The fourth-order valence-electron chi connectivity index (χ4n) is 1.78. The topological polar surface area (TPSA) is 81.1 Å². The number of nitrogen functional groups attached to an aromatic ring is 1. The highest BCUT2D eigenvalue weighted by Gasteiger charge is 2.22. The molecule has 0 aliphatic carbocycles. The first kappa shape index (κ1) is 12.1. The SMILES string of the molecule is CCn1nc(-c2ccccc2F)c(N)c1C(=O)O. The molecule has 2 rings (SSSR count). The third kappa shape index (κ3) is 1.81. The molecule has 2 aromatic rings. The zero-order valence-electron chi connectivity index (χ0n) is 9.72. The van der Waals surface area contributed by atoms with Crippen molar-refractivity contribution in [1.29, 1.82) is 0 Å². The number of rotatable bonds is 3. The molecule has 1 aromatic carbocycles. The summed E-state index contributed by atoms with van der Waals surface area (Å²) in [7, 11) is 0. The van der Waals surface area contributed by atoms with Gasteiger partial charge in [0.25, 0.3) is 0 Å². The Labute approximate surface area is 103 Å². The van der Waals surface area contributed by atoms with Gasteiger partial charge in [0.1, 0.15) is 11.5 Å². The number of hydrogen-bond donors (Lipinski definition) is 2. The number of carboxylic acid groups (broad SMARTS) is 1. The number of halogens is 1. The maximum Gasteiger partial charge on any atom is 0.356 e. The van der Waals surface area contributed by atoms with Crippen LogP contribution < -0.4 is 5.73 Å². The lowest BCUT2D eigenvalue weighted by Gasteiger charge is -1.99. The summed E-state index contributed by atoms with van der Waals surface area (Å²) in [6.45, 7) is 2.09. The molecule has 0 bridgehead atoms. The fraction of sp³-hybridized carbons (Fsp3) is 0.167. The van der Waals surface area contributed by atoms with E-state index in [1.165, 1.54) is 16.8 Å². The summed E-state index contributed by atoms with van der Waals surface area (Å²) in [6.07, 6.45) is 0. The zero-order chi connectivity index (χ0) is 13.3. The van der Waals surface area contributed by atoms with E-state index >= 15 is 0 Å². The highest BCUT2D eigenvalue weighted by Crippen LogP contribution is 2.29. The normalized spacial score (nSPS) is 10.6. The second-order valence-corrected chi connectivity index (χ2v) is 3.71. The van der Waals surface area contributed by atoms with E-state index in [0.29, 0.717) is 6.54 Å². The van der Waals surface area contributed by atoms with E-state index in [1.807, 2.05) is 0 Å². The minimum atomic E-state index is -1.18. The smallest absolute Gasteiger partial charge is 0.356 e. The summed E-state index contributed by atoms with van der Waals surface area (Å²) in [4.78, 5) is 11.1. The van der Waals surface area contributed by atoms with Crippen molar-refractivity contribution in [3.8, 4) is 11.3 Å². The van der Waals surface area contributed by atoms with Gasteiger partial charge < -0.3 is 10.8 Å². The Morgan fingerprint density at radius 3 is 2.67 bits per heavy atom. The van der Waals surface area contributed by atoms with E-state index in [4.69, 9.17) is 10.8 Å². The first-order chi connectivity index (χ1) is 8.56. The molecule has 94 valence electrons. The molecule has 0 spiro atoms. The standard InChI is InChI=1S/C12H12FN3O2/c1-2-16-11(12(17)18)9(14)10(15-16)7-5-3-4-6-8(7)13/h3-6H,2,14H2,1H3,(H,17,18). The number of carboxylic acids is 1. The van der Waals surface area contributed by atoms with Gasteiger partial charge in [-0.05, 0) is 19.1 Å². The van der Waals surface area contributed by atoms with Crippen LogP contribution in [0.2, 0.25) is 0 Å². The largest absolute Gasteiger partial charge is 0.476 e. The van der Waals surface area contributed by atoms with Crippen molar-refractivity contribution in [3.63, 3.8) is 0 Å². The lowest BCUT2D eigenvalue weighted by molar-refractivity contribution is 0.0684. The van der Waals surface area contributed by atoms with Crippen LogP contribution in [-0.2, 0) is 6.54 Å². The summed E-state index contributed by atoms with van der Waals surface area (Å²) in [5.41, 5.74) is 5.98. The molecule has 1 aromatic heterocycles. The monoisotopic (exact) mass is 249 g/mol. The second-order valence-electron chi connectivity index (χ2n) is 3.71. The summed E-state index contributed by atoms with van der Waals surface area (Å²) in [5.74, 6) is -1.66. The Balaban J connectivity index is 2.67. The number of nitrogens with zero attached hydrogens (tertiary/aromatic N) is 2. The predicted octanol–water partition coefficient (Wildman–Crippen LogP) is 1.99. The molecule has 0 aliphatic heterocycles. The molecular formula is C12H12FN3O2. The third-order valence-corrected chi connectivity index (χ3v) is 2.62. The van der Waals surface area contributed by atoms with Crippen LogP contribution in [0.1, 0.15) is 17.4 Å². The van der Waals surface area contributed by atoms with Gasteiger partial charge in [-0.3, -0.25) is 4.68 Å². The van der Waals surface area contributed by atoms with Crippen LogP contribution in [0.3, 0.4) is 0 Å². The summed E-state index contributed by atoms with van der Waals surface area (Å²) in [6, 6.07) is 5.98. The summed E-state index contributed by atoms with van der Waals surface area (Å²) in [5, 5.41) is 13.1. The van der Waals surface area contributed by atoms with E-state index < -0.39 is 11.8 Å². The number of hydrogen-bond acceptors (Lipinski definition) is 3. The molecule has 0 unspecified atom stereocenters. The lowest BCUT2D eigenvalue weighted by atomic mass is 10.1. The number of benzene rings is 1. The van der Waals surface area contributed by atoms with Gasteiger partial charge in [0.15, 0.2) is 5.69 Å². The molecule has 0 amide bonds. The number of aromatic carboxylic acids is 1. The Morgan fingerprint density at radius 2 is 2.17 bits per heavy atom. The molecule has 5 nitrogen and oxygen atoms in total. The van der Waals surface area contributed by atoms with Crippen LogP contribution in [0.15, 0.2) is 24.3 Å². The maximum absolute atomic E-state index is 13.6. The van der Waals surface area contributed by atoms with Crippen LogP contribution >= 0.6 is 0 Å². The average Bonchev–Trinajstić information content (AvgIpc) is 2.67. The van der Waals surface area contributed by atoms with Crippen LogP contribution in [0.5, 0.6) is 0 Å². The average molecular weight is 249 g/mol. The lowest BCUT2D eigenvalue weighted by Crippen LogP contribution is -2.10. The first-order valence-corrected chi connectivity index (χ1v) is 5.40. The highest BCUT2D eigenvalue weighted by molar-refractivity contribution is 5.96. The van der Waals surface area contributed by atoms with Crippen LogP contribution in [0.4, 0.5) is 10.1 Å². The fourth-order valence-corrected chi connectivity index (χ4v) is 1.78. The predicted molar refractivity (Wildman–Crippen MR) is 64.7 cm³/mol. The van der Waals surface area contributed by atoms with Gasteiger partial charge >= 0.3 is 5.97 Å². The number of anilines is 1. The molecule has 0 atom stereocenters. The number of nitrogens with two attached hydrogens (primary N) is 1. The first-order valence-electron chi connectivity index (χ1n) is 5.40. The summed E-state index contributed by atoms with van der Waals surface area (Å²) < 4.78 is 14.9. The van der Waals surface area contributed by atoms with Crippen molar-refractivity contribution in [3.05, 3.63) is 35.8 Å². The van der Waals surface area contributed by atoms with Gasteiger partial charge in [-0.1, -0.05) is 12.1 Å². The van der Waals surface area contributed by atoms with Gasteiger partial charge in [-0.15, -0.1) is 0 Å². The Morgan fingerprint density at radius 1 is 1.50 bits per heavy atom. The van der Waals surface area contributed by atoms with Crippen molar-refractivity contribution < 1.29 is 14.3 Å². The molecule has 0 aliphatic rings. The Hall–Kier alpha value is -2.37. The molecule has 0 fully saturated rings. The van der Waals surface area contributed by atoms with Crippen molar-refractivity contribution in [1.82, 2.24) is 9.78 Å². The number of aryl methyl sites for hydroxylation is 1. The molecule has 3 N–H and O–H groups in total. The quantitative estimate of drug-likeness (QED) is 0.871. The van der Waals surface area contributed by atoms with Gasteiger partial charge in [0, 0.05) is 12.1 Å². The molecular weight excluding hydrogens is 237 g/mol. The van der Waals surface area contributed by atoms with Crippen molar-refractivity contribution in [2.24, 2.45) is 0 Å². The molecule has 6 heteroatoms. The number of aromatic nitrogens is 2. The van der Waals surface area contributed by atoms with Gasteiger partial charge in [-0.2, -0.15) is 5.10 Å². The highest BCUT2D eigenvalue weighted by atomic mass is 19.1. The second kappa shape index (κ2) is 4.48. The van der Waals surface area contributed by atoms with Gasteiger partial charge in [0.05, 0.1) is 5.69 Å². The van der Waals surface area contributed by atoms with E-state index in [1.54, 1.807) is 19.1 Å². The van der Waals surface area contributed by atoms with E-state index in [0.717, 1.165) is 0 Å². The van der Waals surface area contributed by atoms with Crippen molar-refractivity contribution in [2.75, 3.05) is 5.73 Å². The zero-order valence-corrected chi connectivity index (χ0v) is 9.72. The molecule has 0 saturated heterocycles. The van der Waals surface area contributed by atoms with E-state index in [9.17, 15) is 9.18 Å². The van der Waals surface area contributed by atoms with Crippen molar-refractivity contribution in [2.45, 2.75) is 13.5 Å². The minimum Gasteiger partial charge on any atom is -0.476 e. The molecule has 0 saturated carbocycles. The maximum atomic E-state index is 13.6. The van der Waals surface area contributed by atoms with Crippen molar-refractivity contribution >= 4 is 11.7 Å². The van der Waals surface area contributed by atoms with Crippen LogP contribution in [0, 0.1) is 5.82 Å². The van der Waals surface area contributed by atoms with E-state index in [-0.39, 0.29) is 22.6 Å². The van der Waals surface area contributed by atoms with Crippen LogP contribution in [0.25, 0.3) is 11.3 Å². The minimum absolute atomic E-state index is 0.0190. The van der Waals surface area contributed by atoms with Gasteiger partial charge in [-0.25, -0.2) is 9.18 Å². The Bertz CT molecular complexity index is 607. The molecule has 18 heavy (non-hydrogen) atoms.